The van der Waals surface area contributed by atoms with Crippen molar-refractivity contribution in [2.24, 2.45) is 11.3 Å². The van der Waals surface area contributed by atoms with Crippen molar-refractivity contribution in [1.82, 2.24) is 10.5 Å². The molecule has 0 aromatic carbocycles. The molecule has 1 aliphatic carbocycles. The van der Waals surface area contributed by atoms with Gasteiger partial charge in [0.2, 0.25) is 0 Å². The van der Waals surface area contributed by atoms with Crippen LogP contribution in [0.1, 0.15) is 48.7 Å². The lowest BCUT2D eigenvalue weighted by Gasteiger charge is -2.35. The minimum Gasteiger partial charge on any atom is -0.481 e. The number of amides is 1. The van der Waals surface area contributed by atoms with Crippen LogP contribution in [-0.2, 0) is 4.79 Å². The summed E-state index contributed by atoms with van der Waals surface area (Å²) in [6.07, 6.45) is 4.32. The SMILES string of the molecule is Cc1oncc1C(=O)NCC1(C(=O)O)CCC(C)CC1. The molecule has 1 saturated carbocycles. The molecule has 0 bridgehead atoms. The van der Waals surface area contributed by atoms with Crippen molar-refractivity contribution in [2.45, 2.75) is 39.5 Å². The molecule has 0 radical (unpaired) electrons. The van der Waals surface area contributed by atoms with Gasteiger partial charge in [0.15, 0.2) is 0 Å². The van der Waals surface area contributed by atoms with Gasteiger partial charge in [0, 0.05) is 6.54 Å². The second-order valence-corrected chi connectivity index (χ2v) is 5.75. The zero-order valence-corrected chi connectivity index (χ0v) is 11.8. The number of aryl methyl sites for hydroxylation is 1. The maximum atomic E-state index is 12.0. The summed E-state index contributed by atoms with van der Waals surface area (Å²) in [6.45, 7) is 3.93. The van der Waals surface area contributed by atoms with Gasteiger partial charge in [0.1, 0.15) is 11.3 Å². The summed E-state index contributed by atoms with van der Waals surface area (Å²) >= 11 is 0. The fraction of sp³-hybridized carbons (Fsp3) is 0.643. The van der Waals surface area contributed by atoms with Gasteiger partial charge in [-0.25, -0.2) is 0 Å². The van der Waals surface area contributed by atoms with E-state index in [-0.39, 0.29) is 12.5 Å². The van der Waals surface area contributed by atoms with Gasteiger partial charge in [0.25, 0.3) is 5.91 Å². The largest absolute Gasteiger partial charge is 0.481 e. The van der Waals surface area contributed by atoms with Crippen LogP contribution in [0, 0.1) is 18.3 Å². The molecule has 2 N–H and O–H groups in total. The monoisotopic (exact) mass is 280 g/mol. The highest BCUT2D eigenvalue weighted by molar-refractivity contribution is 5.95. The van der Waals surface area contributed by atoms with Crippen molar-refractivity contribution in [3.05, 3.63) is 17.5 Å². The van der Waals surface area contributed by atoms with E-state index in [1.54, 1.807) is 6.92 Å². The molecule has 0 unspecified atom stereocenters. The summed E-state index contributed by atoms with van der Waals surface area (Å²) in [7, 11) is 0. The number of carboxylic acid groups (broad SMARTS) is 1. The van der Waals surface area contributed by atoms with E-state index in [9.17, 15) is 14.7 Å². The lowest BCUT2D eigenvalue weighted by Crippen LogP contribution is -2.45. The third-order valence-corrected chi connectivity index (χ3v) is 4.27. The van der Waals surface area contributed by atoms with E-state index in [4.69, 9.17) is 4.52 Å². The Morgan fingerprint density at radius 1 is 1.50 bits per heavy atom. The molecular weight excluding hydrogens is 260 g/mol. The van der Waals surface area contributed by atoms with Gasteiger partial charge < -0.3 is 14.9 Å². The van der Waals surface area contributed by atoms with Crippen LogP contribution in [0.4, 0.5) is 0 Å². The Kier molecular flexibility index (Phi) is 4.11. The predicted octanol–water partition coefficient (Wildman–Crippen LogP) is 1.99. The van der Waals surface area contributed by atoms with Crippen LogP contribution in [0.25, 0.3) is 0 Å². The van der Waals surface area contributed by atoms with Crippen LogP contribution < -0.4 is 5.32 Å². The van der Waals surface area contributed by atoms with E-state index >= 15 is 0 Å². The summed E-state index contributed by atoms with van der Waals surface area (Å²) < 4.78 is 4.84. The summed E-state index contributed by atoms with van der Waals surface area (Å²) in [4.78, 5) is 23.6. The molecule has 1 aliphatic rings. The van der Waals surface area contributed by atoms with Gasteiger partial charge in [-0.2, -0.15) is 0 Å². The molecule has 0 saturated heterocycles. The Morgan fingerprint density at radius 3 is 2.65 bits per heavy atom. The number of aliphatic carboxylic acids is 1. The number of nitrogens with one attached hydrogen (secondary N) is 1. The van der Waals surface area contributed by atoms with E-state index in [1.807, 2.05) is 0 Å². The number of aromatic nitrogens is 1. The van der Waals surface area contributed by atoms with Crippen molar-refractivity contribution in [3.63, 3.8) is 0 Å². The smallest absolute Gasteiger partial charge is 0.311 e. The number of hydrogen-bond acceptors (Lipinski definition) is 4. The Balaban J connectivity index is 2.02. The number of carbonyl (C=O) groups is 2. The van der Waals surface area contributed by atoms with Crippen LogP contribution in [0.2, 0.25) is 0 Å². The van der Waals surface area contributed by atoms with Crippen LogP contribution in [0.15, 0.2) is 10.7 Å². The summed E-state index contributed by atoms with van der Waals surface area (Å²) in [6, 6.07) is 0. The first-order valence-corrected chi connectivity index (χ1v) is 6.87. The highest BCUT2D eigenvalue weighted by Crippen LogP contribution is 2.38. The molecule has 6 heteroatoms. The van der Waals surface area contributed by atoms with Gasteiger partial charge >= 0.3 is 5.97 Å². The number of carbonyl (C=O) groups excluding carboxylic acids is 1. The van der Waals surface area contributed by atoms with Crippen molar-refractivity contribution in [1.29, 1.82) is 0 Å². The molecule has 1 heterocycles. The highest BCUT2D eigenvalue weighted by Gasteiger charge is 2.41. The molecular formula is C14H20N2O4. The molecule has 20 heavy (non-hydrogen) atoms. The van der Waals surface area contributed by atoms with Gasteiger partial charge in [-0.1, -0.05) is 12.1 Å². The summed E-state index contributed by atoms with van der Waals surface area (Å²) in [5.74, 6) is -0.169. The average Bonchev–Trinajstić information content (AvgIpc) is 2.84. The maximum Gasteiger partial charge on any atom is 0.311 e. The van der Waals surface area contributed by atoms with Gasteiger partial charge in [0.05, 0.1) is 11.6 Å². The minimum atomic E-state index is -0.840. The van der Waals surface area contributed by atoms with Crippen molar-refractivity contribution in [3.8, 4) is 0 Å². The third kappa shape index (κ3) is 2.84. The van der Waals surface area contributed by atoms with Crippen LogP contribution >= 0.6 is 0 Å². The molecule has 1 fully saturated rings. The molecule has 2 rings (SSSR count). The minimum absolute atomic E-state index is 0.151. The second kappa shape index (κ2) is 5.64. The molecule has 1 amide bonds. The van der Waals surface area contributed by atoms with E-state index in [0.29, 0.717) is 30.1 Å². The Hall–Kier alpha value is -1.85. The molecule has 110 valence electrons. The lowest BCUT2D eigenvalue weighted by molar-refractivity contribution is -0.151. The first-order chi connectivity index (χ1) is 9.44. The van der Waals surface area contributed by atoms with Gasteiger partial charge in [-0.3, -0.25) is 9.59 Å². The topological polar surface area (TPSA) is 92.4 Å². The number of rotatable bonds is 4. The quantitative estimate of drug-likeness (QED) is 0.880. The van der Waals surface area contributed by atoms with Crippen LogP contribution in [-0.4, -0.2) is 28.7 Å². The van der Waals surface area contributed by atoms with E-state index < -0.39 is 11.4 Å². The lowest BCUT2D eigenvalue weighted by atomic mass is 9.71. The molecule has 0 spiro atoms. The predicted molar refractivity (Wildman–Crippen MR) is 71.3 cm³/mol. The van der Waals surface area contributed by atoms with E-state index in [2.05, 4.69) is 17.4 Å². The normalized spacial score (nSPS) is 26.2. The average molecular weight is 280 g/mol. The van der Waals surface area contributed by atoms with Gasteiger partial charge in [-0.15, -0.1) is 0 Å². The molecule has 0 aliphatic heterocycles. The van der Waals surface area contributed by atoms with Crippen molar-refractivity contribution in [2.75, 3.05) is 6.54 Å². The first-order valence-electron chi connectivity index (χ1n) is 6.87. The van der Waals surface area contributed by atoms with E-state index in [0.717, 1.165) is 12.8 Å². The Morgan fingerprint density at radius 2 is 2.15 bits per heavy atom. The van der Waals surface area contributed by atoms with Crippen LogP contribution in [0.5, 0.6) is 0 Å². The Bertz CT molecular complexity index is 501. The fourth-order valence-corrected chi connectivity index (χ4v) is 2.64. The van der Waals surface area contributed by atoms with Crippen molar-refractivity contribution >= 4 is 11.9 Å². The second-order valence-electron chi connectivity index (χ2n) is 5.75. The van der Waals surface area contributed by atoms with E-state index in [1.165, 1.54) is 6.20 Å². The zero-order valence-electron chi connectivity index (χ0n) is 11.8. The molecule has 1 aromatic heterocycles. The highest BCUT2D eigenvalue weighted by atomic mass is 16.5. The van der Waals surface area contributed by atoms with Gasteiger partial charge in [-0.05, 0) is 38.5 Å². The van der Waals surface area contributed by atoms with Crippen molar-refractivity contribution < 1.29 is 19.2 Å². The summed E-state index contributed by atoms with van der Waals surface area (Å²) in [5, 5.41) is 15.8. The maximum absolute atomic E-state index is 12.0. The first kappa shape index (κ1) is 14.6. The molecule has 1 aromatic rings. The Labute approximate surface area is 117 Å². The zero-order chi connectivity index (χ0) is 14.8. The summed E-state index contributed by atoms with van der Waals surface area (Å²) in [5.41, 5.74) is -0.484. The number of nitrogens with zero attached hydrogens (tertiary/aromatic N) is 1. The van der Waals surface area contributed by atoms with Crippen LogP contribution in [0.3, 0.4) is 0 Å². The molecule has 0 atom stereocenters. The fourth-order valence-electron chi connectivity index (χ4n) is 2.64. The number of hydrogen-bond donors (Lipinski definition) is 2. The number of carboxylic acids is 1. The molecule has 6 nitrogen and oxygen atoms in total. The standard InChI is InChI=1S/C14H20N2O4/c1-9-3-5-14(6-4-9,13(18)19)8-15-12(17)11-7-16-20-10(11)2/h7,9H,3-6,8H2,1-2H3,(H,15,17)(H,18,19). The third-order valence-electron chi connectivity index (χ3n) is 4.27.